The fraction of sp³-hybridized carbons (Fsp3) is 0.469. The quantitative estimate of drug-likeness (QED) is 0.0630. The molecule has 2 amide bonds. The first-order valence-electron chi connectivity index (χ1n) is 32.4. The van der Waals surface area contributed by atoms with Gasteiger partial charge in [0, 0.05) is 50.4 Å². The van der Waals surface area contributed by atoms with Gasteiger partial charge in [0.2, 0.25) is 11.8 Å². The van der Waals surface area contributed by atoms with Crippen LogP contribution in [0.2, 0.25) is 0 Å². The summed E-state index contributed by atoms with van der Waals surface area (Å²) in [5.74, 6) is -1.65. The van der Waals surface area contributed by atoms with E-state index in [0.29, 0.717) is 19.5 Å². The number of carboxylic acids is 1. The number of ether oxygens (including phenoxy) is 2. The molecule has 0 spiro atoms. The molecule has 0 radical (unpaired) electrons. The maximum atomic E-state index is 12.7. The number of halogens is 2. The first kappa shape index (κ1) is 86.0. The number of aliphatic carboxylic acids is 1. The molecule has 14 heteroatoms. The number of aryl methyl sites for hydroxylation is 1. The number of Topliss-reactive ketones (excluding diaryl/α,β-unsaturated/α-hetero) is 1. The molecule has 12 nitrogen and oxygen atoms in total. The Labute approximate surface area is 588 Å². The third kappa shape index (κ3) is 31.6. The summed E-state index contributed by atoms with van der Waals surface area (Å²) in [7, 11) is 2.77. The SMILES string of the molecule is CC(=O)c1ccccc1Br.CC(C)(C)C(=O)N(CC(=O)O)Cc1ccccc1C(C)(C)C.CC(C)(C)c1ccccc1Br.CC(C)(C)c1ccccc1C=O.COC(=O)CCCc1ccccc1C(C)(C)C.COC(=O)CN(Cc1ccccc1C(C)(C)C)C(=O)C(C)(C)C. The monoisotopic (exact) mass is 1430 g/mol. The van der Waals surface area contributed by atoms with E-state index in [1.165, 1.54) is 45.8 Å². The van der Waals surface area contributed by atoms with Gasteiger partial charge >= 0.3 is 17.9 Å². The Hall–Kier alpha value is -7.03. The highest BCUT2D eigenvalue weighted by Crippen LogP contribution is 2.32. The lowest BCUT2D eigenvalue weighted by Gasteiger charge is -2.31. The topological polar surface area (TPSA) is 165 Å². The van der Waals surface area contributed by atoms with Crippen molar-refractivity contribution in [2.45, 2.75) is 212 Å². The Morgan fingerprint density at radius 2 is 0.747 bits per heavy atom. The highest BCUT2D eigenvalue weighted by Gasteiger charge is 2.32. The zero-order valence-electron chi connectivity index (χ0n) is 61.7. The van der Waals surface area contributed by atoms with E-state index in [1.807, 2.05) is 112 Å². The van der Waals surface area contributed by atoms with Crippen molar-refractivity contribution in [2.75, 3.05) is 27.3 Å². The summed E-state index contributed by atoms with van der Waals surface area (Å²) in [6.07, 6.45) is 3.19. The molecule has 0 aromatic heterocycles. The van der Waals surface area contributed by atoms with E-state index < -0.39 is 22.8 Å². The average molecular weight is 1430 g/mol. The van der Waals surface area contributed by atoms with Crippen LogP contribution in [0.1, 0.15) is 230 Å². The van der Waals surface area contributed by atoms with Crippen LogP contribution < -0.4 is 0 Å². The molecule has 0 fully saturated rings. The number of hydrogen-bond donors (Lipinski definition) is 1. The molecule has 0 atom stereocenters. The molecular formula is C81H112Br2N2O10. The largest absolute Gasteiger partial charge is 0.480 e. The number of carbonyl (C=O) groups excluding carboxylic acids is 6. The average Bonchev–Trinajstić information content (AvgIpc) is 3.21. The van der Waals surface area contributed by atoms with E-state index in [1.54, 1.807) is 38.7 Å². The number of nitrogens with zero attached hydrogens (tertiary/aromatic N) is 2. The number of methoxy groups -OCH3 is 2. The highest BCUT2D eigenvalue weighted by atomic mass is 79.9. The second-order valence-corrected chi connectivity index (χ2v) is 32.4. The van der Waals surface area contributed by atoms with Crippen molar-refractivity contribution in [2.24, 2.45) is 10.8 Å². The van der Waals surface area contributed by atoms with Crippen molar-refractivity contribution in [3.63, 3.8) is 0 Å². The van der Waals surface area contributed by atoms with Gasteiger partial charge in [0.15, 0.2) is 5.78 Å². The lowest BCUT2D eigenvalue weighted by molar-refractivity contribution is -0.150. The normalized spacial score (nSPS) is 11.5. The minimum atomic E-state index is -0.995. The van der Waals surface area contributed by atoms with E-state index in [2.05, 4.69) is 189 Å². The Kier molecular flexibility index (Phi) is 35.0. The summed E-state index contributed by atoms with van der Waals surface area (Å²) < 4.78 is 11.5. The summed E-state index contributed by atoms with van der Waals surface area (Å²) in [5.41, 5.74) is 10.3. The van der Waals surface area contributed by atoms with Crippen molar-refractivity contribution in [3.8, 4) is 0 Å². The highest BCUT2D eigenvalue weighted by molar-refractivity contribution is 9.10. The summed E-state index contributed by atoms with van der Waals surface area (Å²) in [6.45, 7) is 45.3. The fourth-order valence-corrected chi connectivity index (χ4v) is 11.5. The maximum Gasteiger partial charge on any atom is 0.325 e. The fourth-order valence-electron chi connectivity index (χ4n) is 10.0. The van der Waals surface area contributed by atoms with E-state index in [-0.39, 0.29) is 63.7 Å². The molecule has 6 rings (SSSR count). The van der Waals surface area contributed by atoms with Gasteiger partial charge in [0.05, 0.1) is 14.2 Å². The molecule has 0 aliphatic rings. The van der Waals surface area contributed by atoms with Crippen LogP contribution in [0.15, 0.2) is 155 Å². The first-order valence-corrected chi connectivity index (χ1v) is 34.0. The molecule has 1 N–H and O–H groups in total. The third-order valence-electron chi connectivity index (χ3n) is 14.8. The van der Waals surface area contributed by atoms with Crippen LogP contribution in [-0.4, -0.2) is 84.0 Å². The third-order valence-corrected chi connectivity index (χ3v) is 16.2. The smallest absolute Gasteiger partial charge is 0.325 e. The number of carbonyl (C=O) groups is 7. The summed E-state index contributed by atoms with van der Waals surface area (Å²) in [5, 5.41) is 9.11. The van der Waals surface area contributed by atoms with Gasteiger partial charge in [-0.05, 0) is 103 Å². The molecule has 0 aliphatic heterocycles. The summed E-state index contributed by atoms with van der Waals surface area (Å²) >= 11 is 6.81. The van der Waals surface area contributed by atoms with E-state index >= 15 is 0 Å². The molecule has 0 bridgehead atoms. The molecule has 6 aromatic carbocycles. The molecule has 95 heavy (non-hydrogen) atoms. The Bertz CT molecular complexity index is 3430. The van der Waals surface area contributed by atoms with Gasteiger partial charge in [-0.1, -0.05) is 311 Å². The van der Waals surface area contributed by atoms with Gasteiger partial charge < -0.3 is 24.4 Å². The van der Waals surface area contributed by atoms with Crippen LogP contribution in [0, 0.1) is 10.8 Å². The Balaban J connectivity index is 0.000000585. The second kappa shape index (κ2) is 38.6. The van der Waals surface area contributed by atoms with Crippen molar-refractivity contribution in [1.82, 2.24) is 9.80 Å². The maximum absolute atomic E-state index is 12.7. The summed E-state index contributed by atoms with van der Waals surface area (Å²) in [6, 6.07) is 47.9. The lowest BCUT2D eigenvalue weighted by Crippen LogP contribution is -2.42. The zero-order chi connectivity index (χ0) is 73.1. The van der Waals surface area contributed by atoms with Crippen molar-refractivity contribution in [1.29, 1.82) is 0 Å². The molecular weight excluding hydrogens is 1320 g/mol. The van der Waals surface area contributed by atoms with Crippen LogP contribution in [0.3, 0.4) is 0 Å². The molecule has 6 aromatic rings. The second-order valence-electron chi connectivity index (χ2n) is 30.7. The number of ketones is 1. The van der Waals surface area contributed by atoms with Gasteiger partial charge in [-0.2, -0.15) is 0 Å². The number of benzene rings is 6. The molecule has 0 saturated carbocycles. The summed E-state index contributed by atoms with van der Waals surface area (Å²) in [4.78, 5) is 83.6. The number of carboxylic acid groups (broad SMARTS) is 1. The van der Waals surface area contributed by atoms with Crippen molar-refractivity contribution < 1.29 is 48.1 Å². The minimum Gasteiger partial charge on any atom is -0.480 e. The van der Waals surface area contributed by atoms with E-state index in [0.717, 1.165) is 57.0 Å². The Morgan fingerprint density at radius 3 is 1.06 bits per heavy atom. The van der Waals surface area contributed by atoms with Crippen LogP contribution in [0.4, 0.5) is 0 Å². The first-order chi connectivity index (χ1) is 43.6. The predicted octanol–water partition coefficient (Wildman–Crippen LogP) is 19.6. The molecule has 0 saturated heterocycles. The predicted molar refractivity (Wildman–Crippen MR) is 397 cm³/mol. The number of aldehydes is 1. The standard InChI is InChI=1S/C19H29NO3.C18H27NO3.C15H22O2.C11H14O.C10H13Br.C8H7BrO/c1-18(2,3)15-11-9-8-10-14(15)12-20(13-16(21)23-7)17(22)19(4,5)6;1-17(2,3)14-10-8-7-9-13(14)11-19(12-15(20)21)16(22)18(4,5)6;1-15(2,3)13-10-6-5-8-12(13)9-7-11-14(16)17-4;1-11(2,3)10-7-5-4-6-9(10)8-12;1-10(2,3)8-6-4-5-7-9(8)11;1-6(10)7-4-2-3-5-8(7)9/h8-11H,12-13H2,1-7H3;7-10H,11-12H2,1-6H3,(H,20,21);5-6,8,10H,7,9,11H2,1-4H3;4-8H,1-3H3;4-7H,1-3H3;2-5H,1H3. The van der Waals surface area contributed by atoms with Gasteiger partial charge in [-0.3, -0.25) is 33.6 Å². The van der Waals surface area contributed by atoms with Gasteiger partial charge in [-0.15, -0.1) is 0 Å². The molecule has 0 unspecified atom stereocenters. The number of esters is 2. The van der Waals surface area contributed by atoms with Gasteiger partial charge in [0.1, 0.15) is 19.4 Å². The van der Waals surface area contributed by atoms with Crippen molar-refractivity contribution >= 4 is 73.7 Å². The van der Waals surface area contributed by atoms with Crippen molar-refractivity contribution in [3.05, 3.63) is 210 Å². The molecule has 520 valence electrons. The lowest BCUT2D eigenvalue weighted by atomic mass is 9.82. The molecule has 0 aliphatic carbocycles. The van der Waals surface area contributed by atoms with Gasteiger partial charge in [0.25, 0.3) is 0 Å². The van der Waals surface area contributed by atoms with E-state index in [9.17, 15) is 33.6 Å². The minimum absolute atomic E-state index is 0.0295. The van der Waals surface area contributed by atoms with Crippen LogP contribution in [0.25, 0.3) is 0 Å². The van der Waals surface area contributed by atoms with Crippen LogP contribution in [-0.2, 0) is 80.0 Å². The molecule has 0 heterocycles. The number of hydrogen-bond acceptors (Lipinski definition) is 9. The zero-order valence-corrected chi connectivity index (χ0v) is 64.8. The van der Waals surface area contributed by atoms with E-state index in [4.69, 9.17) is 9.84 Å². The van der Waals surface area contributed by atoms with Crippen LogP contribution >= 0.6 is 31.9 Å². The Morgan fingerprint density at radius 1 is 0.421 bits per heavy atom. The van der Waals surface area contributed by atoms with Gasteiger partial charge in [-0.25, -0.2) is 0 Å². The number of rotatable bonds is 14. The van der Waals surface area contributed by atoms with Crippen LogP contribution in [0.5, 0.6) is 0 Å². The number of amides is 2.